The van der Waals surface area contributed by atoms with E-state index in [0.29, 0.717) is 18.4 Å². The Labute approximate surface area is 119 Å². The Morgan fingerprint density at radius 2 is 2.00 bits per heavy atom. The minimum Gasteiger partial charge on any atom is -0.384 e. The van der Waals surface area contributed by atoms with Crippen LogP contribution in [0.4, 0.5) is 4.39 Å². The predicted molar refractivity (Wildman–Crippen MR) is 75.1 cm³/mol. The van der Waals surface area contributed by atoms with Gasteiger partial charge in [-0.15, -0.1) is 0 Å². The first-order valence-corrected chi connectivity index (χ1v) is 7.84. The molecule has 0 saturated heterocycles. The highest BCUT2D eigenvalue weighted by Gasteiger charge is 2.21. The van der Waals surface area contributed by atoms with Crippen LogP contribution >= 0.6 is 0 Å². The molecule has 0 amide bonds. The molecule has 1 aromatic carbocycles. The van der Waals surface area contributed by atoms with Crippen molar-refractivity contribution in [2.24, 2.45) is 0 Å². The summed E-state index contributed by atoms with van der Waals surface area (Å²) >= 11 is 0. The van der Waals surface area contributed by atoms with Crippen molar-refractivity contribution >= 4 is 10.0 Å². The van der Waals surface area contributed by atoms with Crippen LogP contribution < -0.4 is 4.72 Å². The van der Waals surface area contributed by atoms with Gasteiger partial charge in [-0.3, -0.25) is 0 Å². The van der Waals surface area contributed by atoms with Gasteiger partial charge in [0.2, 0.25) is 10.0 Å². The molecule has 6 heteroatoms. The highest BCUT2D eigenvalue weighted by atomic mass is 32.2. The first-order valence-electron chi connectivity index (χ1n) is 6.36. The Balaban J connectivity index is 3.07. The van der Waals surface area contributed by atoms with Gasteiger partial charge in [-0.05, 0) is 31.0 Å². The van der Waals surface area contributed by atoms with E-state index >= 15 is 0 Å². The molecule has 0 saturated carbocycles. The van der Waals surface area contributed by atoms with Crippen molar-refractivity contribution in [3.05, 3.63) is 29.6 Å². The third-order valence-electron chi connectivity index (χ3n) is 2.84. The Bertz CT molecular complexity index is 613. The molecule has 0 spiro atoms. The number of sulfonamides is 1. The molecule has 1 aromatic rings. The average Bonchev–Trinajstić information content (AvgIpc) is 2.42. The highest BCUT2D eigenvalue weighted by molar-refractivity contribution is 7.89. The Morgan fingerprint density at radius 1 is 1.35 bits per heavy atom. The Morgan fingerprint density at radius 3 is 2.50 bits per heavy atom. The van der Waals surface area contributed by atoms with E-state index in [0.717, 1.165) is 6.07 Å². The summed E-state index contributed by atoms with van der Waals surface area (Å²) in [5, 5.41) is 8.56. The minimum atomic E-state index is -3.87. The van der Waals surface area contributed by atoms with Gasteiger partial charge >= 0.3 is 0 Å². The Kier molecular flexibility index (Phi) is 6.14. The lowest BCUT2D eigenvalue weighted by Gasteiger charge is -2.15. The van der Waals surface area contributed by atoms with Crippen molar-refractivity contribution in [2.45, 2.75) is 37.6 Å². The Hall–Kier alpha value is -1.42. The van der Waals surface area contributed by atoms with Crippen LogP contribution in [-0.2, 0) is 10.0 Å². The maximum atomic E-state index is 13.9. The molecule has 0 atom stereocenters. The number of benzene rings is 1. The van der Waals surface area contributed by atoms with Gasteiger partial charge in [0, 0.05) is 11.6 Å². The molecule has 0 radical (unpaired) electrons. The second-order valence-electron chi connectivity index (χ2n) is 4.24. The van der Waals surface area contributed by atoms with E-state index in [1.54, 1.807) is 0 Å². The fraction of sp³-hybridized carbons (Fsp3) is 0.429. The molecule has 110 valence electrons. The molecular formula is C14H18FNO3S. The van der Waals surface area contributed by atoms with Gasteiger partial charge in [-0.2, -0.15) is 0 Å². The molecule has 0 aliphatic carbocycles. The lowest BCUT2D eigenvalue weighted by Crippen LogP contribution is -2.34. The largest absolute Gasteiger partial charge is 0.384 e. The van der Waals surface area contributed by atoms with E-state index in [2.05, 4.69) is 16.6 Å². The quantitative estimate of drug-likeness (QED) is 0.812. The molecule has 20 heavy (non-hydrogen) atoms. The van der Waals surface area contributed by atoms with E-state index in [1.807, 2.05) is 13.8 Å². The SMILES string of the molecule is CCC(CC)NS(=O)(=O)c1ccc(C#CCO)cc1F. The lowest BCUT2D eigenvalue weighted by molar-refractivity contribution is 0.350. The first-order chi connectivity index (χ1) is 9.44. The molecule has 0 bridgehead atoms. The summed E-state index contributed by atoms with van der Waals surface area (Å²) in [6, 6.07) is 3.42. The van der Waals surface area contributed by atoms with Crippen molar-refractivity contribution in [2.75, 3.05) is 6.61 Å². The molecular weight excluding hydrogens is 281 g/mol. The van der Waals surface area contributed by atoms with E-state index in [9.17, 15) is 12.8 Å². The summed E-state index contributed by atoms with van der Waals surface area (Å²) in [5.74, 6) is 4.04. The highest BCUT2D eigenvalue weighted by Crippen LogP contribution is 2.17. The summed E-state index contributed by atoms with van der Waals surface area (Å²) < 4.78 is 40.5. The molecule has 1 rings (SSSR count). The fourth-order valence-corrected chi connectivity index (χ4v) is 3.14. The third kappa shape index (κ3) is 4.30. The first kappa shape index (κ1) is 16.6. The number of nitrogens with one attached hydrogen (secondary N) is 1. The summed E-state index contributed by atoms with van der Waals surface area (Å²) in [5.41, 5.74) is 0.318. The molecule has 0 aliphatic heterocycles. The number of aliphatic hydroxyl groups is 1. The summed E-state index contributed by atoms with van der Waals surface area (Å²) in [6.07, 6.45) is 1.27. The normalized spacial score (nSPS) is 11.2. The molecule has 2 N–H and O–H groups in total. The third-order valence-corrected chi connectivity index (χ3v) is 4.39. The summed E-state index contributed by atoms with van der Waals surface area (Å²) in [7, 11) is -3.87. The zero-order chi connectivity index (χ0) is 15.2. The number of halogens is 1. The number of aliphatic hydroxyl groups excluding tert-OH is 1. The van der Waals surface area contributed by atoms with Gasteiger partial charge in [0.15, 0.2) is 0 Å². The van der Waals surface area contributed by atoms with Crippen LogP contribution in [0.5, 0.6) is 0 Å². The number of hydrogen-bond acceptors (Lipinski definition) is 3. The van der Waals surface area contributed by atoms with Crippen LogP contribution in [0.1, 0.15) is 32.3 Å². The van der Waals surface area contributed by atoms with Crippen LogP contribution in [0.25, 0.3) is 0 Å². The van der Waals surface area contributed by atoms with E-state index in [1.165, 1.54) is 12.1 Å². The van der Waals surface area contributed by atoms with Crippen LogP contribution in [0.15, 0.2) is 23.1 Å². The predicted octanol–water partition coefficient (Wildman–Crippen LogP) is 1.64. The van der Waals surface area contributed by atoms with E-state index < -0.39 is 15.8 Å². The van der Waals surface area contributed by atoms with Crippen molar-refractivity contribution in [3.8, 4) is 11.8 Å². The van der Waals surface area contributed by atoms with Gasteiger partial charge in [0.25, 0.3) is 0 Å². The molecule has 0 unspecified atom stereocenters. The van der Waals surface area contributed by atoms with Crippen molar-refractivity contribution in [1.29, 1.82) is 0 Å². The molecule has 0 aliphatic rings. The number of hydrogen-bond donors (Lipinski definition) is 2. The smallest absolute Gasteiger partial charge is 0.243 e. The van der Waals surface area contributed by atoms with Gasteiger partial charge in [0.1, 0.15) is 17.3 Å². The van der Waals surface area contributed by atoms with Crippen LogP contribution in [0.2, 0.25) is 0 Å². The van der Waals surface area contributed by atoms with Gasteiger partial charge < -0.3 is 5.11 Å². The molecule has 0 aromatic heterocycles. The number of rotatable bonds is 5. The molecule has 0 fully saturated rings. The zero-order valence-corrected chi connectivity index (χ0v) is 12.3. The summed E-state index contributed by atoms with van der Waals surface area (Å²) in [6.45, 7) is 3.39. The standard InChI is InChI=1S/C14H18FNO3S/c1-3-12(4-2)16-20(18,19)14-8-7-11(6-5-9-17)10-13(14)15/h7-8,10,12,16-17H,3-4,9H2,1-2H3. The van der Waals surface area contributed by atoms with Crippen LogP contribution in [-0.4, -0.2) is 26.2 Å². The van der Waals surface area contributed by atoms with Gasteiger partial charge in [-0.1, -0.05) is 25.7 Å². The van der Waals surface area contributed by atoms with Crippen molar-refractivity contribution in [1.82, 2.24) is 4.72 Å². The summed E-state index contributed by atoms with van der Waals surface area (Å²) in [4.78, 5) is -0.390. The van der Waals surface area contributed by atoms with Crippen molar-refractivity contribution in [3.63, 3.8) is 0 Å². The van der Waals surface area contributed by atoms with Crippen molar-refractivity contribution < 1.29 is 17.9 Å². The van der Waals surface area contributed by atoms with Crippen LogP contribution in [0, 0.1) is 17.7 Å². The minimum absolute atomic E-state index is 0.215. The monoisotopic (exact) mass is 299 g/mol. The second-order valence-corrected chi connectivity index (χ2v) is 5.92. The fourth-order valence-electron chi connectivity index (χ4n) is 1.68. The topological polar surface area (TPSA) is 66.4 Å². The molecule has 4 nitrogen and oxygen atoms in total. The average molecular weight is 299 g/mol. The molecule has 0 heterocycles. The zero-order valence-electron chi connectivity index (χ0n) is 11.5. The van der Waals surface area contributed by atoms with Gasteiger partial charge in [-0.25, -0.2) is 17.5 Å². The van der Waals surface area contributed by atoms with E-state index in [-0.39, 0.29) is 17.5 Å². The van der Waals surface area contributed by atoms with Gasteiger partial charge in [0.05, 0.1) is 0 Å². The van der Waals surface area contributed by atoms with E-state index in [4.69, 9.17) is 5.11 Å². The second kappa shape index (κ2) is 7.39. The lowest BCUT2D eigenvalue weighted by atomic mass is 10.2. The maximum Gasteiger partial charge on any atom is 0.243 e. The van der Waals surface area contributed by atoms with Crippen LogP contribution in [0.3, 0.4) is 0 Å². The maximum absolute atomic E-state index is 13.9.